The molecule has 0 fully saturated rings. The first kappa shape index (κ1) is 14.6. The fourth-order valence-corrected chi connectivity index (χ4v) is 2.35. The second kappa shape index (κ2) is 6.22. The molecular weight excluding hydrogens is 207 g/mol. The van der Waals surface area contributed by atoms with E-state index in [1.807, 2.05) is 19.9 Å². The van der Waals surface area contributed by atoms with E-state index >= 15 is 0 Å². The third kappa shape index (κ3) is 5.88. The van der Waals surface area contributed by atoms with Crippen LogP contribution in [0.15, 0.2) is 30.3 Å². The van der Waals surface area contributed by atoms with Gasteiger partial charge in [0, 0.05) is 0 Å². The molecule has 0 heterocycles. The summed E-state index contributed by atoms with van der Waals surface area (Å²) in [5.41, 5.74) is 0. The molecule has 0 spiro atoms. The van der Waals surface area contributed by atoms with Crippen molar-refractivity contribution in [3.8, 4) is 5.75 Å². The Labute approximate surface area is 103 Å². The average Bonchev–Trinajstić information content (AvgIpc) is 2.02. The molecule has 0 saturated heterocycles. The van der Waals surface area contributed by atoms with E-state index in [4.69, 9.17) is 4.18 Å². The molecule has 1 aromatic rings. The molecule has 1 rings (SSSR count). The summed E-state index contributed by atoms with van der Waals surface area (Å²) in [5.74, 6) is 0.485. The van der Waals surface area contributed by atoms with Crippen LogP contribution >= 0.6 is 0 Å². The summed E-state index contributed by atoms with van der Waals surface area (Å²) < 4.78 is 27.7. The standard InChI is InChI=1S/C10H14O3S.Li.H/c1-9(2)8-14(11,12)13-10-6-4-3-5-7-10;;/h3-7,9H,8H2,1-2H3;;. The molecule has 0 amide bonds. The van der Waals surface area contributed by atoms with Crippen LogP contribution in [0.5, 0.6) is 5.75 Å². The molecule has 0 saturated carbocycles. The second-order valence-electron chi connectivity index (χ2n) is 3.51. The Morgan fingerprint density at radius 3 is 2.20 bits per heavy atom. The molecule has 5 heteroatoms. The van der Waals surface area contributed by atoms with Crippen LogP contribution in [0, 0.1) is 5.92 Å². The van der Waals surface area contributed by atoms with Crippen molar-refractivity contribution in [2.45, 2.75) is 13.8 Å². The van der Waals surface area contributed by atoms with Gasteiger partial charge in [0.1, 0.15) is 5.75 Å². The van der Waals surface area contributed by atoms with Crippen LogP contribution < -0.4 is 4.18 Å². The Morgan fingerprint density at radius 1 is 1.20 bits per heavy atom. The molecule has 0 unspecified atom stereocenters. The van der Waals surface area contributed by atoms with Crippen LogP contribution in [-0.4, -0.2) is 33.0 Å². The summed E-state index contributed by atoms with van der Waals surface area (Å²) in [7, 11) is -3.43. The predicted molar refractivity (Wildman–Crippen MR) is 62.8 cm³/mol. The van der Waals surface area contributed by atoms with E-state index in [1.54, 1.807) is 24.3 Å². The van der Waals surface area contributed by atoms with E-state index in [2.05, 4.69) is 0 Å². The maximum absolute atomic E-state index is 11.4. The second-order valence-corrected chi connectivity index (χ2v) is 5.13. The van der Waals surface area contributed by atoms with E-state index in [0.717, 1.165) is 0 Å². The molecule has 1 aromatic carbocycles. The third-order valence-corrected chi connectivity index (χ3v) is 3.03. The fourth-order valence-electron chi connectivity index (χ4n) is 1.06. The van der Waals surface area contributed by atoms with Gasteiger partial charge in [-0.3, -0.25) is 0 Å². The van der Waals surface area contributed by atoms with Crippen molar-refractivity contribution in [2.75, 3.05) is 5.75 Å². The van der Waals surface area contributed by atoms with Gasteiger partial charge < -0.3 is 4.18 Å². The van der Waals surface area contributed by atoms with E-state index in [9.17, 15) is 8.42 Å². The number of rotatable bonds is 4. The van der Waals surface area contributed by atoms with Gasteiger partial charge in [-0.1, -0.05) is 32.0 Å². The van der Waals surface area contributed by atoms with Crippen molar-refractivity contribution in [3.63, 3.8) is 0 Å². The zero-order valence-corrected chi connectivity index (χ0v) is 9.12. The molecule has 0 radical (unpaired) electrons. The van der Waals surface area contributed by atoms with Crippen LogP contribution in [0.4, 0.5) is 0 Å². The molecule has 15 heavy (non-hydrogen) atoms. The van der Waals surface area contributed by atoms with Gasteiger partial charge in [-0.25, -0.2) is 0 Å². The predicted octanol–water partition coefficient (Wildman–Crippen LogP) is 1.40. The van der Waals surface area contributed by atoms with Gasteiger partial charge in [0.2, 0.25) is 0 Å². The van der Waals surface area contributed by atoms with Crippen molar-refractivity contribution in [2.24, 2.45) is 5.92 Å². The Morgan fingerprint density at radius 2 is 1.73 bits per heavy atom. The van der Waals surface area contributed by atoms with Crippen LogP contribution in [0.25, 0.3) is 0 Å². The summed E-state index contributed by atoms with van der Waals surface area (Å²) in [6.07, 6.45) is 0. The SMILES string of the molecule is CC(C)CS(=O)(=O)Oc1ccccc1.[LiH]. The normalized spacial score (nSPS) is 10.9. The van der Waals surface area contributed by atoms with Gasteiger partial charge in [0.15, 0.2) is 0 Å². The van der Waals surface area contributed by atoms with Crippen LogP contribution in [0.3, 0.4) is 0 Å². The average molecular weight is 222 g/mol. The van der Waals surface area contributed by atoms with E-state index < -0.39 is 10.1 Å². The minimum absolute atomic E-state index is 0. The number of para-hydroxylation sites is 1. The number of benzene rings is 1. The Bertz CT molecular complexity index is 373. The van der Waals surface area contributed by atoms with E-state index in [1.165, 1.54) is 0 Å². The van der Waals surface area contributed by atoms with Gasteiger partial charge in [0.25, 0.3) is 0 Å². The monoisotopic (exact) mass is 222 g/mol. The first-order valence-corrected chi connectivity index (χ1v) is 6.04. The third-order valence-electron chi connectivity index (χ3n) is 1.50. The van der Waals surface area contributed by atoms with Crippen molar-refractivity contribution >= 4 is 29.0 Å². The molecule has 0 aliphatic carbocycles. The van der Waals surface area contributed by atoms with Crippen molar-refractivity contribution in [3.05, 3.63) is 30.3 Å². The molecule has 0 bridgehead atoms. The molecule has 0 aliphatic rings. The summed E-state index contributed by atoms with van der Waals surface area (Å²) in [4.78, 5) is 0. The van der Waals surface area contributed by atoms with Gasteiger partial charge in [-0.05, 0) is 18.1 Å². The van der Waals surface area contributed by atoms with Crippen molar-refractivity contribution < 1.29 is 12.6 Å². The Kier molecular flexibility index (Phi) is 6.04. The molecule has 0 aromatic heterocycles. The molecule has 80 valence electrons. The van der Waals surface area contributed by atoms with Gasteiger partial charge in [-0.2, -0.15) is 8.42 Å². The van der Waals surface area contributed by atoms with Crippen LogP contribution in [0.2, 0.25) is 0 Å². The van der Waals surface area contributed by atoms with Crippen molar-refractivity contribution in [1.82, 2.24) is 0 Å². The Hall–Kier alpha value is -0.433. The number of hydrogen-bond donors (Lipinski definition) is 0. The minimum atomic E-state index is -3.43. The van der Waals surface area contributed by atoms with Crippen molar-refractivity contribution in [1.29, 1.82) is 0 Å². The summed E-state index contributed by atoms with van der Waals surface area (Å²) >= 11 is 0. The zero-order valence-electron chi connectivity index (χ0n) is 8.30. The zero-order chi connectivity index (χ0) is 10.6. The maximum atomic E-state index is 11.4. The Balaban J connectivity index is 0.00000196. The van der Waals surface area contributed by atoms with Gasteiger partial charge >= 0.3 is 29.0 Å². The molecule has 3 nitrogen and oxygen atoms in total. The summed E-state index contributed by atoms with van der Waals surface area (Å²) in [6, 6.07) is 8.53. The molecule has 0 atom stereocenters. The number of hydrogen-bond acceptors (Lipinski definition) is 3. The summed E-state index contributed by atoms with van der Waals surface area (Å²) in [6.45, 7) is 3.68. The molecule has 0 aliphatic heterocycles. The summed E-state index contributed by atoms with van der Waals surface area (Å²) in [5, 5.41) is 0. The van der Waals surface area contributed by atoms with Crippen LogP contribution in [-0.2, 0) is 10.1 Å². The van der Waals surface area contributed by atoms with Crippen LogP contribution in [0.1, 0.15) is 13.8 Å². The van der Waals surface area contributed by atoms with E-state index in [0.29, 0.717) is 5.75 Å². The van der Waals surface area contributed by atoms with Gasteiger partial charge in [-0.15, -0.1) is 0 Å². The molecule has 0 N–H and O–H groups in total. The quantitative estimate of drug-likeness (QED) is 0.571. The topological polar surface area (TPSA) is 43.4 Å². The first-order chi connectivity index (χ1) is 6.49. The fraction of sp³-hybridized carbons (Fsp3) is 0.400. The van der Waals surface area contributed by atoms with E-state index in [-0.39, 0.29) is 30.5 Å². The van der Waals surface area contributed by atoms with Gasteiger partial charge in [0.05, 0.1) is 5.75 Å². The first-order valence-electron chi connectivity index (χ1n) is 4.47. The molecular formula is C10H15LiO3S.